The molecule has 0 amide bonds. The van der Waals surface area contributed by atoms with Gasteiger partial charge in [-0.05, 0) is 12.5 Å². The van der Waals surface area contributed by atoms with Gasteiger partial charge in [-0.3, -0.25) is 0 Å². The normalized spacial score (nSPS) is 15.0. The summed E-state index contributed by atoms with van der Waals surface area (Å²) in [6.07, 6.45) is 0.632. The van der Waals surface area contributed by atoms with E-state index in [1.807, 2.05) is 6.92 Å². The van der Waals surface area contributed by atoms with Crippen LogP contribution in [-0.2, 0) is 0 Å². The van der Waals surface area contributed by atoms with Crippen LogP contribution in [0.25, 0.3) is 0 Å². The Balaban J connectivity index is 2.90. The molecule has 0 spiro atoms. The fraction of sp³-hybridized carbons (Fsp3) is 0.455. The van der Waals surface area contributed by atoms with Crippen molar-refractivity contribution in [2.75, 3.05) is 0 Å². The molecule has 0 fully saturated rings. The molecule has 2 nitrogen and oxygen atoms in total. The lowest BCUT2D eigenvalue weighted by Gasteiger charge is -2.19. The Morgan fingerprint density at radius 2 is 2.20 bits per heavy atom. The first-order valence-electron chi connectivity index (χ1n) is 4.95. The van der Waals surface area contributed by atoms with Crippen molar-refractivity contribution in [3.63, 3.8) is 0 Å². The maximum atomic E-state index is 13.1. The van der Waals surface area contributed by atoms with Crippen molar-refractivity contribution in [1.29, 1.82) is 0 Å². The van der Waals surface area contributed by atoms with Crippen molar-refractivity contribution in [2.24, 2.45) is 5.73 Å². The molecular weight excluding hydrogens is 217 g/mol. The summed E-state index contributed by atoms with van der Waals surface area (Å²) in [5, 5.41) is 9.80. The summed E-state index contributed by atoms with van der Waals surface area (Å²) in [6, 6.07) is 3.95. The molecule has 4 heteroatoms. The molecule has 2 unspecified atom stereocenters. The largest absolute Gasteiger partial charge is 0.387 e. The topological polar surface area (TPSA) is 46.2 Å². The lowest BCUT2D eigenvalue weighted by molar-refractivity contribution is 0.141. The van der Waals surface area contributed by atoms with Crippen LogP contribution < -0.4 is 5.73 Å². The van der Waals surface area contributed by atoms with Crippen molar-refractivity contribution >= 4 is 11.6 Å². The third kappa shape index (κ3) is 2.91. The highest BCUT2D eigenvalue weighted by atomic mass is 35.5. The Hall–Kier alpha value is -0.640. The standard InChI is InChI=1S/C11H15ClFNO/c1-2-4-9(14)11(15)7-5-3-6-8(13)10(7)12/h3,5-6,9,11,15H,2,4,14H2,1H3. The van der Waals surface area contributed by atoms with Gasteiger partial charge in [0.25, 0.3) is 0 Å². The monoisotopic (exact) mass is 231 g/mol. The number of halogens is 2. The molecule has 0 bridgehead atoms. The number of hydrogen-bond acceptors (Lipinski definition) is 2. The van der Waals surface area contributed by atoms with E-state index < -0.39 is 18.0 Å². The summed E-state index contributed by atoms with van der Waals surface area (Å²) in [7, 11) is 0. The Labute approximate surface area is 93.9 Å². The summed E-state index contributed by atoms with van der Waals surface area (Å²) in [6.45, 7) is 1.97. The summed E-state index contributed by atoms with van der Waals surface area (Å²) in [5.74, 6) is -0.531. The Morgan fingerprint density at radius 1 is 1.53 bits per heavy atom. The second-order valence-electron chi connectivity index (χ2n) is 3.54. The highest BCUT2D eigenvalue weighted by molar-refractivity contribution is 6.31. The predicted octanol–water partition coefficient (Wildman–Crippen LogP) is 2.64. The second-order valence-corrected chi connectivity index (χ2v) is 3.92. The average Bonchev–Trinajstić information content (AvgIpc) is 2.21. The van der Waals surface area contributed by atoms with E-state index in [-0.39, 0.29) is 5.02 Å². The number of aliphatic hydroxyl groups excluding tert-OH is 1. The SMILES string of the molecule is CCCC(N)C(O)c1cccc(F)c1Cl. The summed E-state index contributed by atoms with van der Waals surface area (Å²) < 4.78 is 13.1. The lowest BCUT2D eigenvalue weighted by Crippen LogP contribution is -2.28. The fourth-order valence-electron chi connectivity index (χ4n) is 1.47. The van der Waals surface area contributed by atoms with E-state index in [0.717, 1.165) is 6.42 Å². The highest BCUT2D eigenvalue weighted by Crippen LogP contribution is 2.27. The molecule has 0 heterocycles. The average molecular weight is 232 g/mol. The van der Waals surface area contributed by atoms with E-state index in [1.54, 1.807) is 6.07 Å². The molecule has 15 heavy (non-hydrogen) atoms. The molecule has 84 valence electrons. The van der Waals surface area contributed by atoms with Gasteiger partial charge in [-0.25, -0.2) is 4.39 Å². The van der Waals surface area contributed by atoms with Crippen LogP contribution in [0, 0.1) is 5.82 Å². The van der Waals surface area contributed by atoms with Gasteiger partial charge in [0.1, 0.15) is 5.82 Å². The van der Waals surface area contributed by atoms with E-state index in [9.17, 15) is 9.50 Å². The van der Waals surface area contributed by atoms with Crippen molar-refractivity contribution < 1.29 is 9.50 Å². The number of benzene rings is 1. The van der Waals surface area contributed by atoms with Crippen LogP contribution in [0.4, 0.5) is 4.39 Å². The summed E-state index contributed by atoms with van der Waals surface area (Å²) in [4.78, 5) is 0. The van der Waals surface area contributed by atoms with Gasteiger partial charge in [-0.2, -0.15) is 0 Å². The van der Waals surface area contributed by atoms with E-state index in [4.69, 9.17) is 17.3 Å². The van der Waals surface area contributed by atoms with Crippen LogP contribution in [0.1, 0.15) is 31.4 Å². The van der Waals surface area contributed by atoms with E-state index in [2.05, 4.69) is 0 Å². The number of hydrogen-bond donors (Lipinski definition) is 2. The van der Waals surface area contributed by atoms with Gasteiger partial charge in [0.05, 0.1) is 11.1 Å². The van der Waals surface area contributed by atoms with Gasteiger partial charge in [0, 0.05) is 11.6 Å². The Kier molecular flexibility index (Phi) is 4.51. The van der Waals surface area contributed by atoms with Gasteiger partial charge in [0.2, 0.25) is 0 Å². The molecule has 1 rings (SSSR count). The minimum absolute atomic E-state index is 0.0449. The maximum Gasteiger partial charge on any atom is 0.142 e. The summed E-state index contributed by atoms with van der Waals surface area (Å²) in [5.41, 5.74) is 6.11. The highest BCUT2D eigenvalue weighted by Gasteiger charge is 2.20. The van der Waals surface area contributed by atoms with Crippen LogP contribution in [-0.4, -0.2) is 11.1 Å². The molecule has 0 saturated heterocycles. The molecule has 2 atom stereocenters. The first-order valence-corrected chi connectivity index (χ1v) is 5.33. The first kappa shape index (κ1) is 12.4. The quantitative estimate of drug-likeness (QED) is 0.837. The first-order chi connectivity index (χ1) is 7.07. The van der Waals surface area contributed by atoms with Gasteiger partial charge < -0.3 is 10.8 Å². The molecule has 0 aliphatic rings. The number of aliphatic hydroxyl groups is 1. The third-order valence-corrected chi connectivity index (χ3v) is 2.73. The van der Waals surface area contributed by atoms with Crippen LogP contribution >= 0.6 is 11.6 Å². The van der Waals surface area contributed by atoms with Gasteiger partial charge in [-0.1, -0.05) is 37.1 Å². The van der Waals surface area contributed by atoms with Crippen molar-refractivity contribution in [3.05, 3.63) is 34.6 Å². The minimum atomic E-state index is -0.909. The van der Waals surface area contributed by atoms with E-state index in [0.29, 0.717) is 12.0 Å². The molecular formula is C11H15ClFNO. The van der Waals surface area contributed by atoms with E-state index in [1.165, 1.54) is 12.1 Å². The zero-order chi connectivity index (χ0) is 11.4. The third-order valence-electron chi connectivity index (χ3n) is 2.33. The molecule has 1 aromatic carbocycles. The van der Waals surface area contributed by atoms with Crippen LogP contribution in [0.2, 0.25) is 5.02 Å². The van der Waals surface area contributed by atoms with Gasteiger partial charge in [-0.15, -0.1) is 0 Å². The molecule has 0 aliphatic heterocycles. The Bertz CT molecular complexity index is 332. The molecule has 0 aromatic heterocycles. The lowest BCUT2D eigenvalue weighted by atomic mass is 9.99. The molecule has 0 radical (unpaired) electrons. The second kappa shape index (κ2) is 5.45. The fourth-order valence-corrected chi connectivity index (χ4v) is 1.71. The molecule has 0 saturated carbocycles. The van der Waals surface area contributed by atoms with Crippen LogP contribution in [0.5, 0.6) is 0 Å². The van der Waals surface area contributed by atoms with Crippen LogP contribution in [0.3, 0.4) is 0 Å². The van der Waals surface area contributed by atoms with Crippen molar-refractivity contribution in [3.8, 4) is 0 Å². The summed E-state index contributed by atoms with van der Waals surface area (Å²) >= 11 is 5.74. The van der Waals surface area contributed by atoms with Crippen molar-refractivity contribution in [2.45, 2.75) is 31.9 Å². The van der Waals surface area contributed by atoms with Crippen LogP contribution in [0.15, 0.2) is 18.2 Å². The number of rotatable bonds is 4. The predicted molar refractivity (Wildman–Crippen MR) is 59.3 cm³/mol. The molecule has 1 aromatic rings. The van der Waals surface area contributed by atoms with Crippen molar-refractivity contribution in [1.82, 2.24) is 0 Å². The zero-order valence-electron chi connectivity index (χ0n) is 8.58. The zero-order valence-corrected chi connectivity index (χ0v) is 9.34. The number of nitrogens with two attached hydrogens (primary N) is 1. The molecule has 0 aliphatic carbocycles. The molecule has 3 N–H and O–H groups in total. The maximum absolute atomic E-state index is 13.1. The van der Waals surface area contributed by atoms with E-state index >= 15 is 0 Å². The minimum Gasteiger partial charge on any atom is -0.387 e. The van der Waals surface area contributed by atoms with Gasteiger partial charge in [0.15, 0.2) is 0 Å². The smallest absolute Gasteiger partial charge is 0.142 e. The Morgan fingerprint density at radius 3 is 2.80 bits per heavy atom. The van der Waals surface area contributed by atoms with Gasteiger partial charge >= 0.3 is 0 Å².